The van der Waals surface area contributed by atoms with Gasteiger partial charge in [-0.15, -0.1) is 0 Å². The number of nitrogens with zero attached hydrogens (tertiary/aromatic N) is 1. The van der Waals surface area contributed by atoms with Gasteiger partial charge in [0.05, 0.1) is 6.10 Å². The highest BCUT2D eigenvalue weighted by atomic mass is 16.3. The highest BCUT2D eigenvalue weighted by Gasteiger charge is 2.27. The zero-order valence-electron chi connectivity index (χ0n) is 14.9. The average Bonchev–Trinajstić information content (AvgIpc) is 2.96. The molecular formula is C17H32N4O3. The Balaban J connectivity index is 1.69. The van der Waals surface area contributed by atoms with E-state index in [9.17, 15) is 14.7 Å². The molecule has 3 atom stereocenters. The minimum atomic E-state index is -0.375. The summed E-state index contributed by atoms with van der Waals surface area (Å²) < 4.78 is 0. The van der Waals surface area contributed by atoms with E-state index in [0.29, 0.717) is 38.5 Å². The summed E-state index contributed by atoms with van der Waals surface area (Å²) in [5, 5.41) is 18.7. The van der Waals surface area contributed by atoms with Crippen LogP contribution in [0.3, 0.4) is 0 Å². The van der Waals surface area contributed by atoms with Crippen LogP contribution in [0.4, 0.5) is 4.79 Å². The fourth-order valence-electron chi connectivity index (χ4n) is 3.33. The van der Waals surface area contributed by atoms with Crippen molar-refractivity contribution in [3.05, 3.63) is 0 Å². The second-order valence-electron chi connectivity index (χ2n) is 7.53. The molecule has 0 spiro atoms. The lowest BCUT2D eigenvalue weighted by Crippen LogP contribution is -2.47. The van der Waals surface area contributed by atoms with Crippen LogP contribution in [0.1, 0.15) is 33.1 Å². The largest absolute Gasteiger partial charge is 0.391 e. The van der Waals surface area contributed by atoms with Gasteiger partial charge >= 0.3 is 6.03 Å². The first-order valence-electron chi connectivity index (χ1n) is 9.14. The maximum Gasteiger partial charge on any atom is 0.317 e. The van der Waals surface area contributed by atoms with E-state index in [1.807, 2.05) is 4.90 Å². The van der Waals surface area contributed by atoms with Gasteiger partial charge in [0, 0.05) is 51.6 Å². The fraction of sp³-hybridized carbons (Fsp3) is 0.882. The van der Waals surface area contributed by atoms with Crippen LogP contribution in [-0.2, 0) is 4.79 Å². The number of likely N-dealkylation sites (tertiary alicyclic amines) is 1. The van der Waals surface area contributed by atoms with Gasteiger partial charge in [-0.05, 0) is 24.7 Å². The highest BCUT2D eigenvalue weighted by Crippen LogP contribution is 2.19. The van der Waals surface area contributed by atoms with Crippen LogP contribution in [0, 0.1) is 17.8 Å². The number of urea groups is 1. The maximum absolute atomic E-state index is 12.1. The fourth-order valence-corrected chi connectivity index (χ4v) is 3.33. The van der Waals surface area contributed by atoms with Crippen LogP contribution < -0.4 is 16.0 Å². The van der Waals surface area contributed by atoms with Gasteiger partial charge in [-0.2, -0.15) is 0 Å². The molecule has 3 amide bonds. The number of carbonyl (C=O) groups excluding carboxylic acids is 2. The van der Waals surface area contributed by atoms with Crippen LogP contribution in [0.25, 0.3) is 0 Å². The molecule has 0 aromatic carbocycles. The Hall–Kier alpha value is -1.34. The van der Waals surface area contributed by atoms with Crippen LogP contribution in [-0.4, -0.2) is 67.3 Å². The number of hydrogen-bond donors (Lipinski definition) is 4. The van der Waals surface area contributed by atoms with Crippen molar-refractivity contribution < 1.29 is 14.7 Å². The van der Waals surface area contributed by atoms with Crippen molar-refractivity contribution in [1.82, 2.24) is 20.9 Å². The second kappa shape index (κ2) is 9.22. The summed E-state index contributed by atoms with van der Waals surface area (Å²) in [5.74, 6) is 0.762. The normalized spacial score (nSPS) is 27.3. The van der Waals surface area contributed by atoms with Gasteiger partial charge in [-0.25, -0.2) is 4.79 Å². The summed E-state index contributed by atoms with van der Waals surface area (Å²) in [6.07, 6.45) is 2.00. The number of β-amino-alcohol motifs (C(OH)–C–C–N with tert-alkyl or cyclic N) is 1. The highest BCUT2D eigenvalue weighted by molar-refractivity contribution is 5.77. The molecule has 2 rings (SSSR count). The number of hydrogen-bond acceptors (Lipinski definition) is 4. The number of rotatable bonds is 6. The van der Waals surface area contributed by atoms with Crippen molar-refractivity contribution in [3.8, 4) is 0 Å². The molecule has 2 heterocycles. The Morgan fingerprint density at radius 3 is 2.75 bits per heavy atom. The molecule has 2 fully saturated rings. The van der Waals surface area contributed by atoms with Crippen molar-refractivity contribution in [2.75, 3.05) is 39.3 Å². The van der Waals surface area contributed by atoms with Gasteiger partial charge in [0.25, 0.3) is 0 Å². The third kappa shape index (κ3) is 5.94. The Bertz CT molecular complexity index is 430. The van der Waals surface area contributed by atoms with Crippen LogP contribution in [0.15, 0.2) is 0 Å². The van der Waals surface area contributed by atoms with E-state index in [4.69, 9.17) is 0 Å². The van der Waals surface area contributed by atoms with Crippen molar-refractivity contribution >= 4 is 11.9 Å². The van der Waals surface area contributed by atoms with Gasteiger partial charge in [0.2, 0.25) is 5.91 Å². The monoisotopic (exact) mass is 340 g/mol. The van der Waals surface area contributed by atoms with Gasteiger partial charge in [-0.3, -0.25) is 4.79 Å². The number of aliphatic hydroxyl groups excluding tert-OH is 1. The molecule has 2 aliphatic heterocycles. The number of nitrogens with one attached hydrogen (secondary N) is 3. The van der Waals surface area contributed by atoms with E-state index in [1.165, 1.54) is 0 Å². The van der Waals surface area contributed by atoms with E-state index in [-0.39, 0.29) is 29.9 Å². The quantitative estimate of drug-likeness (QED) is 0.554. The predicted molar refractivity (Wildman–Crippen MR) is 92.5 cm³/mol. The van der Waals surface area contributed by atoms with E-state index >= 15 is 0 Å². The molecule has 0 aromatic rings. The van der Waals surface area contributed by atoms with Gasteiger partial charge in [0.15, 0.2) is 0 Å². The van der Waals surface area contributed by atoms with E-state index < -0.39 is 0 Å². The maximum atomic E-state index is 12.1. The molecule has 0 saturated carbocycles. The number of amides is 3. The summed E-state index contributed by atoms with van der Waals surface area (Å²) in [5.41, 5.74) is 0. The molecule has 0 aliphatic carbocycles. The SMILES string of the molecule is CC(C)CNC(=O)N1CCCC(CC(=O)NCC2CNCC2O)C1. The van der Waals surface area contributed by atoms with Crippen LogP contribution in [0.5, 0.6) is 0 Å². The summed E-state index contributed by atoms with van der Waals surface area (Å²) in [4.78, 5) is 26.1. The second-order valence-corrected chi connectivity index (χ2v) is 7.53. The Morgan fingerprint density at radius 1 is 1.29 bits per heavy atom. The third-order valence-electron chi connectivity index (χ3n) is 4.81. The molecule has 24 heavy (non-hydrogen) atoms. The average molecular weight is 340 g/mol. The molecule has 7 heteroatoms. The summed E-state index contributed by atoms with van der Waals surface area (Å²) in [6.45, 7) is 8.09. The summed E-state index contributed by atoms with van der Waals surface area (Å²) >= 11 is 0. The smallest absolute Gasteiger partial charge is 0.317 e. The molecule has 3 unspecified atom stereocenters. The van der Waals surface area contributed by atoms with E-state index in [2.05, 4.69) is 29.8 Å². The molecule has 4 N–H and O–H groups in total. The van der Waals surface area contributed by atoms with Crippen molar-refractivity contribution in [2.45, 2.75) is 39.2 Å². The lowest BCUT2D eigenvalue weighted by molar-refractivity contribution is -0.122. The van der Waals surface area contributed by atoms with E-state index in [1.54, 1.807) is 0 Å². The molecule has 0 bridgehead atoms. The van der Waals surface area contributed by atoms with Crippen molar-refractivity contribution in [3.63, 3.8) is 0 Å². The molecule has 0 radical (unpaired) electrons. The van der Waals surface area contributed by atoms with Crippen LogP contribution in [0.2, 0.25) is 0 Å². The summed E-state index contributed by atoms with van der Waals surface area (Å²) in [6, 6.07) is -0.0195. The first-order valence-corrected chi connectivity index (χ1v) is 9.14. The predicted octanol–water partition coefficient (Wildman–Crippen LogP) is 0.151. The zero-order chi connectivity index (χ0) is 17.5. The zero-order valence-corrected chi connectivity index (χ0v) is 14.9. The Kier molecular flexibility index (Phi) is 7.30. The number of piperidine rings is 1. The minimum Gasteiger partial charge on any atom is -0.391 e. The van der Waals surface area contributed by atoms with Gasteiger partial charge in [0.1, 0.15) is 0 Å². The molecule has 0 aromatic heterocycles. The minimum absolute atomic E-state index is 0.0172. The lowest BCUT2D eigenvalue weighted by Gasteiger charge is -2.32. The molecule has 138 valence electrons. The lowest BCUT2D eigenvalue weighted by atomic mass is 9.94. The summed E-state index contributed by atoms with van der Waals surface area (Å²) in [7, 11) is 0. The van der Waals surface area contributed by atoms with E-state index in [0.717, 1.165) is 25.9 Å². The van der Waals surface area contributed by atoms with Crippen LogP contribution >= 0.6 is 0 Å². The van der Waals surface area contributed by atoms with Crippen molar-refractivity contribution in [1.29, 1.82) is 0 Å². The number of aliphatic hydroxyl groups is 1. The standard InChI is InChI=1S/C17H32N4O3/c1-12(2)7-20-17(24)21-5-3-4-13(11-21)6-16(23)19-9-14-8-18-10-15(14)22/h12-15,18,22H,3-11H2,1-2H3,(H,19,23)(H,20,24). The topological polar surface area (TPSA) is 93.7 Å². The Labute approximate surface area is 144 Å². The molecule has 2 aliphatic rings. The van der Waals surface area contributed by atoms with Gasteiger partial charge in [-0.1, -0.05) is 13.8 Å². The van der Waals surface area contributed by atoms with Crippen molar-refractivity contribution in [2.24, 2.45) is 17.8 Å². The third-order valence-corrected chi connectivity index (χ3v) is 4.81. The van der Waals surface area contributed by atoms with Gasteiger partial charge < -0.3 is 26.0 Å². The Morgan fingerprint density at radius 2 is 2.08 bits per heavy atom. The molecule has 7 nitrogen and oxygen atoms in total. The molecular weight excluding hydrogens is 308 g/mol. The number of carbonyl (C=O) groups is 2. The first-order chi connectivity index (χ1) is 11.5. The first kappa shape index (κ1) is 19.0. The molecule has 2 saturated heterocycles.